The zero-order valence-corrected chi connectivity index (χ0v) is 12.6. The number of hydrogen-bond donors (Lipinski definition) is 2. The molecule has 0 radical (unpaired) electrons. The predicted octanol–water partition coefficient (Wildman–Crippen LogP) is 0.598. The van der Waals surface area contributed by atoms with Gasteiger partial charge in [0.1, 0.15) is 11.0 Å². The van der Waals surface area contributed by atoms with Gasteiger partial charge in [-0.3, -0.25) is 9.00 Å². The molecule has 0 aromatic carbocycles. The van der Waals surface area contributed by atoms with E-state index in [-0.39, 0.29) is 11.5 Å². The number of amides is 1. The Morgan fingerprint density at radius 1 is 1.47 bits per heavy atom. The highest BCUT2D eigenvalue weighted by Crippen LogP contribution is 2.18. The standard InChI is InChI=1S/C11H16N2O4S2/c1-6-7(2)18-10(12-6)5-19(17)4-9(11(15)16)13-8(3)14/h9H,4-5H2,1-3H3,(H,13,14)(H,15,16)/t9-,19?/m0/s1. The van der Waals surface area contributed by atoms with Gasteiger partial charge in [-0.1, -0.05) is 0 Å². The summed E-state index contributed by atoms with van der Waals surface area (Å²) in [6.45, 7) is 5.03. The van der Waals surface area contributed by atoms with E-state index in [9.17, 15) is 13.8 Å². The second-order valence-corrected chi connectivity index (χ2v) is 6.88. The van der Waals surface area contributed by atoms with E-state index >= 15 is 0 Å². The van der Waals surface area contributed by atoms with Crippen LogP contribution in [-0.2, 0) is 26.1 Å². The van der Waals surface area contributed by atoms with E-state index in [0.29, 0.717) is 0 Å². The van der Waals surface area contributed by atoms with Crippen LogP contribution in [0.15, 0.2) is 0 Å². The first-order chi connectivity index (χ1) is 8.79. The number of aliphatic carboxylic acids is 1. The first-order valence-electron chi connectivity index (χ1n) is 5.57. The van der Waals surface area contributed by atoms with Gasteiger partial charge >= 0.3 is 5.97 Å². The molecule has 1 rings (SSSR count). The van der Waals surface area contributed by atoms with E-state index in [1.165, 1.54) is 18.3 Å². The molecular formula is C11H16N2O4S2. The van der Waals surface area contributed by atoms with Crippen molar-refractivity contribution in [2.75, 3.05) is 5.75 Å². The van der Waals surface area contributed by atoms with Crippen molar-refractivity contribution in [3.8, 4) is 0 Å². The summed E-state index contributed by atoms with van der Waals surface area (Å²) in [4.78, 5) is 27.1. The van der Waals surface area contributed by atoms with Crippen LogP contribution >= 0.6 is 11.3 Å². The van der Waals surface area contributed by atoms with Crippen LogP contribution in [0.1, 0.15) is 22.5 Å². The van der Waals surface area contributed by atoms with Gasteiger partial charge in [-0.2, -0.15) is 0 Å². The predicted molar refractivity (Wildman–Crippen MR) is 73.5 cm³/mol. The Labute approximate surface area is 117 Å². The maximum absolute atomic E-state index is 11.9. The number of nitrogens with one attached hydrogen (secondary N) is 1. The maximum Gasteiger partial charge on any atom is 0.327 e. The van der Waals surface area contributed by atoms with Crippen molar-refractivity contribution in [1.82, 2.24) is 10.3 Å². The Balaban J connectivity index is 2.62. The number of carboxylic acid groups (broad SMARTS) is 1. The minimum Gasteiger partial charge on any atom is -0.480 e. The van der Waals surface area contributed by atoms with Crippen LogP contribution in [0.5, 0.6) is 0 Å². The quantitative estimate of drug-likeness (QED) is 0.802. The Morgan fingerprint density at radius 2 is 2.11 bits per heavy atom. The van der Waals surface area contributed by atoms with Crippen molar-refractivity contribution >= 4 is 34.0 Å². The molecule has 2 N–H and O–H groups in total. The molecule has 19 heavy (non-hydrogen) atoms. The molecule has 1 amide bonds. The van der Waals surface area contributed by atoms with Crippen molar-refractivity contribution in [3.63, 3.8) is 0 Å². The third kappa shape index (κ3) is 5.07. The number of aromatic nitrogens is 1. The van der Waals surface area contributed by atoms with Crippen LogP contribution in [0.25, 0.3) is 0 Å². The smallest absolute Gasteiger partial charge is 0.327 e. The highest BCUT2D eigenvalue weighted by Gasteiger charge is 2.22. The van der Waals surface area contributed by atoms with Crippen molar-refractivity contribution in [1.29, 1.82) is 0 Å². The maximum atomic E-state index is 11.9. The Hall–Kier alpha value is -1.28. The number of rotatable bonds is 6. The average molecular weight is 304 g/mol. The lowest BCUT2D eigenvalue weighted by Gasteiger charge is -2.12. The molecule has 106 valence electrons. The van der Waals surface area contributed by atoms with Crippen LogP contribution < -0.4 is 5.32 Å². The van der Waals surface area contributed by atoms with Gasteiger partial charge in [0.2, 0.25) is 5.91 Å². The summed E-state index contributed by atoms with van der Waals surface area (Å²) in [5, 5.41) is 11.9. The summed E-state index contributed by atoms with van der Waals surface area (Å²) in [5.41, 5.74) is 0.897. The number of carboxylic acids is 1. The van der Waals surface area contributed by atoms with Gasteiger partial charge < -0.3 is 10.4 Å². The van der Waals surface area contributed by atoms with Crippen LogP contribution in [0.2, 0.25) is 0 Å². The molecule has 0 aliphatic carbocycles. The van der Waals surface area contributed by atoms with E-state index in [1.54, 1.807) is 0 Å². The third-order valence-electron chi connectivity index (χ3n) is 2.39. The Morgan fingerprint density at radius 3 is 2.53 bits per heavy atom. The lowest BCUT2D eigenvalue weighted by Crippen LogP contribution is -2.43. The first-order valence-corrected chi connectivity index (χ1v) is 7.88. The molecule has 0 bridgehead atoms. The van der Waals surface area contributed by atoms with E-state index in [0.717, 1.165) is 15.6 Å². The molecule has 1 unspecified atom stereocenters. The number of carbonyl (C=O) groups is 2. The molecular weight excluding hydrogens is 288 g/mol. The monoisotopic (exact) mass is 304 g/mol. The molecule has 8 heteroatoms. The second kappa shape index (κ2) is 6.76. The molecule has 6 nitrogen and oxygen atoms in total. The number of thiazole rings is 1. The van der Waals surface area contributed by atoms with Gasteiger partial charge in [0.05, 0.1) is 17.2 Å². The Bertz CT molecular complexity index is 493. The largest absolute Gasteiger partial charge is 0.480 e. The molecule has 0 saturated carbocycles. The van der Waals surface area contributed by atoms with Gasteiger partial charge in [0.25, 0.3) is 0 Å². The van der Waals surface area contributed by atoms with Crippen molar-refractivity contribution in [2.45, 2.75) is 32.6 Å². The molecule has 0 fully saturated rings. The van der Waals surface area contributed by atoms with Gasteiger partial charge in [-0.25, -0.2) is 9.78 Å². The zero-order chi connectivity index (χ0) is 14.6. The first kappa shape index (κ1) is 15.8. The topological polar surface area (TPSA) is 96.4 Å². The fourth-order valence-corrected chi connectivity index (χ4v) is 3.82. The molecule has 1 heterocycles. The normalized spacial score (nSPS) is 13.8. The van der Waals surface area contributed by atoms with E-state index in [1.807, 2.05) is 13.8 Å². The average Bonchev–Trinajstić information content (AvgIpc) is 2.55. The van der Waals surface area contributed by atoms with Crippen LogP contribution in [0.4, 0.5) is 0 Å². The Kier molecular flexibility index (Phi) is 5.61. The van der Waals surface area contributed by atoms with Crippen molar-refractivity contribution in [3.05, 3.63) is 15.6 Å². The fraction of sp³-hybridized carbons (Fsp3) is 0.545. The molecule has 0 spiro atoms. The molecule has 0 aliphatic heterocycles. The summed E-state index contributed by atoms with van der Waals surface area (Å²) in [6.07, 6.45) is 0. The highest BCUT2D eigenvalue weighted by molar-refractivity contribution is 7.84. The van der Waals surface area contributed by atoms with Crippen molar-refractivity contribution < 1.29 is 18.9 Å². The third-order valence-corrected chi connectivity index (χ3v) is 4.94. The van der Waals surface area contributed by atoms with Gasteiger partial charge in [0.15, 0.2) is 0 Å². The van der Waals surface area contributed by atoms with Gasteiger partial charge in [-0.15, -0.1) is 11.3 Å². The number of carbonyl (C=O) groups excluding carboxylic acids is 1. The van der Waals surface area contributed by atoms with Gasteiger partial charge in [-0.05, 0) is 13.8 Å². The highest BCUT2D eigenvalue weighted by atomic mass is 32.2. The summed E-state index contributed by atoms with van der Waals surface area (Å²) in [6, 6.07) is -1.12. The van der Waals surface area contributed by atoms with Crippen LogP contribution in [0, 0.1) is 13.8 Å². The van der Waals surface area contributed by atoms with Crippen molar-refractivity contribution in [2.24, 2.45) is 0 Å². The lowest BCUT2D eigenvalue weighted by atomic mass is 10.3. The summed E-state index contributed by atoms with van der Waals surface area (Å²) in [7, 11) is -1.38. The fourth-order valence-electron chi connectivity index (χ4n) is 1.40. The minimum atomic E-state index is -1.38. The van der Waals surface area contributed by atoms with E-state index in [4.69, 9.17) is 5.11 Å². The summed E-state index contributed by atoms with van der Waals surface area (Å²) in [5.74, 6) is -1.55. The molecule has 2 atom stereocenters. The zero-order valence-electron chi connectivity index (χ0n) is 10.9. The minimum absolute atomic E-state index is 0.118. The van der Waals surface area contributed by atoms with Crippen LogP contribution in [0.3, 0.4) is 0 Å². The number of nitrogens with zero attached hydrogens (tertiary/aromatic N) is 1. The molecule has 1 aromatic heterocycles. The van der Waals surface area contributed by atoms with E-state index in [2.05, 4.69) is 10.3 Å². The number of hydrogen-bond acceptors (Lipinski definition) is 5. The van der Waals surface area contributed by atoms with Gasteiger partial charge in [0, 0.05) is 22.6 Å². The van der Waals surface area contributed by atoms with Crippen LogP contribution in [-0.4, -0.2) is 38.0 Å². The summed E-state index contributed by atoms with van der Waals surface area (Å²) < 4.78 is 11.9. The molecule has 0 aliphatic rings. The SMILES string of the molecule is CC(=O)N[C@@H](CS(=O)Cc1nc(C)c(C)s1)C(=O)O. The second-order valence-electron chi connectivity index (χ2n) is 4.09. The lowest BCUT2D eigenvalue weighted by molar-refractivity contribution is -0.140. The molecule has 1 aromatic rings. The molecule has 0 saturated heterocycles. The summed E-state index contributed by atoms with van der Waals surface area (Å²) >= 11 is 1.45. The number of aryl methyl sites for hydroxylation is 2. The van der Waals surface area contributed by atoms with E-state index < -0.39 is 28.7 Å².